The molecule has 128 valence electrons. The molecule has 1 atom stereocenters. The van der Waals surface area contributed by atoms with Crippen LogP contribution in [0.1, 0.15) is 12.8 Å². The van der Waals surface area contributed by atoms with Crippen LogP contribution in [-0.4, -0.2) is 45.6 Å². The van der Waals surface area contributed by atoms with Crippen molar-refractivity contribution in [3.63, 3.8) is 0 Å². The zero-order chi connectivity index (χ0) is 17.0. The molecule has 1 spiro atoms. The fourth-order valence-corrected chi connectivity index (χ4v) is 4.30. The first-order chi connectivity index (χ1) is 12.1. The number of benzene rings is 1. The van der Waals surface area contributed by atoms with Crippen LogP contribution in [0.3, 0.4) is 0 Å². The van der Waals surface area contributed by atoms with Crippen LogP contribution < -0.4 is 4.74 Å². The number of rotatable bonds is 3. The normalized spacial score (nSPS) is 21.9. The van der Waals surface area contributed by atoms with Gasteiger partial charge in [-0.1, -0.05) is 12.1 Å². The zero-order valence-electron chi connectivity index (χ0n) is 14.2. The first-order valence-electron chi connectivity index (χ1n) is 8.73. The Morgan fingerprint density at radius 3 is 2.68 bits per heavy atom. The van der Waals surface area contributed by atoms with E-state index in [1.807, 2.05) is 22.7 Å². The lowest BCUT2D eigenvalue weighted by Gasteiger charge is -2.59. The van der Waals surface area contributed by atoms with Gasteiger partial charge in [-0.3, -0.25) is 0 Å². The van der Waals surface area contributed by atoms with Crippen molar-refractivity contribution in [3.05, 3.63) is 49.1 Å². The van der Waals surface area contributed by atoms with Crippen molar-refractivity contribution in [2.24, 2.45) is 5.41 Å². The van der Waals surface area contributed by atoms with Gasteiger partial charge >= 0.3 is 0 Å². The second-order valence-electron chi connectivity index (χ2n) is 7.51. The molecule has 5 rings (SSSR count). The van der Waals surface area contributed by atoms with E-state index < -0.39 is 0 Å². The predicted octanol–water partition coefficient (Wildman–Crippen LogP) is 3.18. The first kappa shape index (κ1) is 14.8. The van der Waals surface area contributed by atoms with Crippen LogP contribution in [-0.2, 0) is 0 Å². The minimum atomic E-state index is 0.273. The highest BCUT2D eigenvalue weighted by atomic mass is 16.5. The number of nitrogens with zero attached hydrogens (tertiary/aromatic N) is 3. The van der Waals surface area contributed by atoms with Gasteiger partial charge in [0.25, 0.3) is 0 Å². The van der Waals surface area contributed by atoms with E-state index >= 15 is 0 Å². The summed E-state index contributed by atoms with van der Waals surface area (Å²) in [4.78, 5) is 6.64. The number of aromatic nitrogens is 2. The van der Waals surface area contributed by atoms with Gasteiger partial charge in [0, 0.05) is 30.3 Å². The van der Waals surface area contributed by atoms with E-state index in [4.69, 9.17) is 4.74 Å². The van der Waals surface area contributed by atoms with Crippen molar-refractivity contribution >= 4 is 5.52 Å². The Balaban J connectivity index is 1.51. The SMILES string of the molecule is CN1CC2(CCC2Oc2cc(-c3ccc(O)cc3)cn3cncc23)C1. The summed E-state index contributed by atoms with van der Waals surface area (Å²) in [5.74, 6) is 1.16. The molecule has 1 N–H and O–H groups in total. The molecular formula is C20H21N3O2. The second kappa shape index (κ2) is 5.23. The molecule has 1 aromatic carbocycles. The monoisotopic (exact) mass is 335 g/mol. The molecule has 1 unspecified atom stereocenters. The fraction of sp³-hybridized carbons (Fsp3) is 0.350. The van der Waals surface area contributed by atoms with Crippen molar-refractivity contribution in [1.29, 1.82) is 0 Å². The molecule has 0 amide bonds. The summed E-state index contributed by atoms with van der Waals surface area (Å²) >= 11 is 0. The minimum absolute atomic E-state index is 0.273. The molecule has 2 fully saturated rings. The summed E-state index contributed by atoms with van der Waals surface area (Å²) in [6.45, 7) is 2.26. The zero-order valence-corrected chi connectivity index (χ0v) is 14.2. The lowest BCUT2D eigenvalue weighted by molar-refractivity contribution is -0.137. The Labute approximate surface area is 146 Å². The molecule has 2 aromatic heterocycles. The van der Waals surface area contributed by atoms with Crippen molar-refractivity contribution in [2.45, 2.75) is 18.9 Å². The molecule has 25 heavy (non-hydrogen) atoms. The third kappa shape index (κ3) is 2.30. The smallest absolute Gasteiger partial charge is 0.146 e. The van der Waals surface area contributed by atoms with Crippen LogP contribution in [0.2, 0.25) is 0 Å². The van der Waals surface area contributed by atoms with Crippen LogP contribution >= 0.6 is 0 Å². The van der Waals surface area contributed by atoms with Gasteiger partial charge in [0.2, 0.25) is 0 Å². The number of imidazole rings is 1. The summed E-state index contributed by atoms with van der Waals surface area (Å²) < 4.78 is 8.49. The number of hydrogen-bond acceptors (Lipinski definition) is 4. The highest BCUT2D eigenvalue weighted by Crippen LogP contribution is 2.50. The van der Waals surface area contributed by atoms with Crippen LogP contribution in [0.5, 0.6) is 11.5 Å². The van der Waals surface area contributed by atoms with Crippen LogP contribution in [0.4, 0.5) is 0 Å². The largest absolute Gasteiger partial charge is 0.508 e. The highest BCUT2D eigenvalue weighted by molar-refractivity contribution is 5.71. The van der Waals surface area contributed by atoms with Gasteiger partial charge in [0.1, 0.15) is 23.1 Å². The van der Waals surface area contributed by atoms with Gasteiger partial charge in [-0.2, -0.15) is 0 Å². The molecule has 2 aliphatic rings. The van der Waals surface area contributed by atoms with Crippen molar-refractivity contribution in [2.75, 3.05) is 20.1 Å². The van der Waals surface area contributed by atoms with E-state index in [1.165, 1.54) is 6.42 Å². The maximum Gasteiger partial charge on any atom is 0.146 e. The number of likely N-dealkylation sites (tertiary alicyclic amines) is 1. The van der Waals surface area contributed by atoms with E-state index in [1.54, 1.807) is 18.5 Å². The van der Waals surface area contributed by atoms with Gasteiger partial charge in [0.05, 0.1) is 12.5 Å². The Kier molecular flexibility index (Phi) is 3.09. The molecular weight excluding hydrogens is 314 g/mol. The number of fused-ring (bicyclic) bond motifs is 1. The van der Waals surface area contributed by atoms with E-state index in [0.29, 0.717) is 5.41 Å². The predicted molar refractivity (Wildman–Crippen MR) is 95.9 cm³/mol. The first-order valence-corrected chi connectivity index (χ1v) is 8.73. The van der Waals surface area contributed by atoms with E-state index in [0.717, 1.165) is 41.9 Å². The molecule has 5 nitrogen and oxygen atoms in total. The van der Waals surface area contributed by atoms with Crippen LogP contribution in [0.25, 0.3) is 16.6 Å². The van der Waals surface area contributed by atoms with Crippen molar-refractivity contribution in [1.82, 2.24) is 14.3 Å². The number of hydrogen-bond donors (Lipinski definition) is 1. The summed E-state index contributed by atoms with van der Waals surface area (Å²) in [5.41, 5.74) is 3.45. The Bertz CT molecular complexity index is 926. The van der Waals surface area contributed by atoms with Crippen LogP contribution in [0, 0.1) is 5.41 Å². The number of ether oxygens (including phenoxy) is 1. The molecule has 3 aromatic rings. The number of pyridine rings is 1. The maximum atomic E-state index is 9.52. The number of phenolic OH excluding ortho intramolecular Hbond substituents is 1. The lowest BCUT2D eigenvalue weighted by atomic mass is 9.61. The third-order valence-corrected chi connectivity index (χ3v) is 5.71. The van der Waals surface area contributed by atoms with Gasteiger partial charge < -0.3 is 19.1 Å². The van der Waals surface area contributed by atoms with E-state index in [-0.39, 0.29) is 11.9 Å². The molecule has 1 saturated carbocycles. The Morgan fingerprint density at radius 1 is 1.20 bits per heavy atom. The van der Waals surface area contributed by atoms with Crippen molar-refractivity contribution < 1.29 is 9.84 Å². The average molecular weight is 335 g/mol. The number of aromatic hydroxyl groups is 1. The Morgan fingerprint density at radius 2 is 2.00 bits per heavy atom. The standard InChI is InChI=1S/C20H21N3O2/c1-22-11-20(12-22)7-6-19(20)25-18-8-15(10-23-13-21-9-17(18)23)14-2-4-16(24)5-3-14/h2-5,8-10,13,19,24H,6-7,11-12H2,1H3. The Hall–Kier alpha value is -2.53. The summed E-state index contributed by atoms with van der Waals surface area (Å²) in [6, 6.07) is 9.35. The average Bonchev–Trinajstić information content (AvgIpc) is 3.04. The van der Waals surface area contributed by atoms with Gasteiger partial charge in [-0.25, -0.2) is 4.98 Å². The maximum absolute atomic E-state index is 9.52. The fourth-order valence-electron chi connectivity index (χ4n) is 4.30. The van der Waals surface area contributed by atoms with Crippen molar-refractivity contribution in [3.8, 4) is 22.6 Å². The van der Waals surface area contributed by atoms with E-state index in [2.05, 4.69) is 29.2 Å². The molecule has 1 aliphatic carbocycles. The summed E-state index contributed by atoms with van der Waals surface area (Å²) in [6.07, 6.45) is 8.38. The van der Waals surface area contributed by atoms with Gasteiger partial charge in [-0.05, 0) is 43.7 Å². The van der Waals surface area contributed by atoms with Gasteiger partial charge in [-0.15, -0.1) is 0 Å². The minimum Gasteiger partial charge on any atom is -0.508 e. The quantitative estimate of drug-likeness (QED) is 0.799. The lowest BCUT2D eigenvalue weighted by Crippen LogP contribution is -2.66. The van der Waals surface area contributed by atoms with Crippen LogP contribution in [0.15, 0.2) is 49.1 Å². The van der Waals surface area contributed by atoms with Gasteiger partial charge in [0.15, 0.2) is 0 Å². The summed E-state index contributed by atoms with van der Waals surface area (Å²) in [7, 11) is 2.17. The molecule has 3 heterocycles. The summed E-state index contributed by atoms with van der Waals surface area (Å²) in [5, 5.41) is 9.52. The topological polar surface area (TPSA) is 50.0 Å². The second-order valence-corrected chi connectivity index (χ2v) is 7.51. The molecule has 1 aliphatic heterocycles. The molecule has 0 bridgehead atoms. The third-order valence-electron chi connectivity index (χ3n) is 5.71. The van der Waals surface area contributed by atoms with E-state index in [9.17, 15) is 5.11 Å². The highest BCUT2D eigenvalue weighted by Gasteiger charge is 2.55. The molecule has 5 heteroatoms. The number of phenols is 1. The molecule has 0 radical (unpaired) electrons. The molecule has 1 saturated heterocycles.